The Kier molecular flexibility index (Phi) is 4.34. The number of ether oxygens (including phenoxy) is 1. The Morgan fingerprint density at radius 3 is 2.71 bits per heavy atom. The second kappa shape index (κ2) is 5.56. The quantitative estimate of drug-likeness (QED) is 0.685. The van der Waals surface area contributed by atoms with Crippen LogP contribution < -0.4 is 15.4 Å². The summed E-state index contributed by atoms with van der Waals surface area (Å²) in [7, 11) is 3.34. The second-order valence-electron chi connectivity index (χ2n) is 2.45. The summed E-state index contributed by atoms with van der Waals surface area (Å²) in [4.78, 5) is 11.6. The van der Waals surface area contributed by atoms with Crippen LogP contribution in [-0.4, -0.2) is 42.2 Å². The Bertz CT molecular complexity index is 295. The number of nitrogens with zero attached hydrogens (tertiary/aromatic N) is 3. The van der Waals surface area contributed by atoms with Crippen LogP contribution in [0.2, 0.25) is 5.28 Å². The van der Waals surface area contributed by atoms with Crippen LogP contribution in [0.25, 0.3) is 0 Å². The standard InChI is InChI=1S/C7H12ClN5O/c1-9-3-4-10-6-11-5(8)12-7(13-6)14-2/h9H,3-4H2,1-2H3,(H,10,11,12,13). The zero-order valence-corrected chi connectivity index (χ0v) is 8.80. The molecule has 0 saturated heterocycles. The Labute approximate surface area is 87.1 Å². The maximum atomic E-state index is 5.64. The highest BCUT2D eigenvalue weighted by atomic mass is 35.5. The number of methoxy groups -OCH3 is 1. The highest BCUT2D eigenvalue weighted by molar-refractivity contribution is 6.28. The van der Waals surface area contributed by atoms with Gasteiger partial charge in [-0.3, -0.25) is 0 Å². The lowest BCUT2D eigenvalue weighted by molar-refractivity contribution is 0.379. The molecule has 1 heterocycles. The Balaban J connectivity index is 2.62. The average Bonchev–Trinajstić information content (AvgIpc) is 2.17. The molecule has 78 valence electrons. The van der Waals surface area contributed by atoms with Gasteiger partial charge in [-0.2, -0.15) is 15.0 Å². The van der Waals surface area contributed by atoms with Gasteiger partial charge in [-0.1, -0.05) is 0 Å². The Morgan fingerprint density at radius 2 is 2.07 bits per heavy atom. The van der Waals surface area contributed by atoms with Crippen molar-refractivity contribution in [2.24, 2.45) is 0 Å². The van der Waals surface area contributed by atoms with E-state index in [0.29, 0.717) is 12.5 Å². The number of hydrogen-bond acceptors (Lipinski definition) is 6. The summed E-state index contributed by atoms with van der Waals surface area (Å²) < 4.78 is 4.84. The lowest BCUT2D eigenvalue weighted by atomic mass is 10.6. The van der Waals surface area contributed by atoms with E-state index in [0.717, 1.165) is 6.54 Å². The smallest absolute Gasteiger partial charge is 0.322 e. The van der Waals surface area contributed by atoms with E-state index in [9.17, 15) is 0 Å². The van der Waals surface area contributed by atoms with Gasteiger partial charge in [0.1, 0.15) is 0 Å². The van der Waals surface area contributed by atoms with Gasteiger partial charge in [0.15, 0.2) is 0 Å². The molecule has 0 bridgehead atoms. The minimum atomic E-state index is 0.115. The first-order valence-corrected chi connectivity index (χ1v) is 4.48. The molecule has 0 aliphatic carbocycles. The van der Waals surface area contributed by atoms with E-state index in [4.69, 9.17) is 16.3 Å². The zero-order valence-electron chi connectivity index (χ0n) is 8.04. The Morgan fingerprint density at radius 1 is 1.29 bits per heavy atom. The summed E-state index contributed by atoms with van der Waals surface area (Å²) >= 11 is 5.64. The van der Waals surface area contributed by atoms with Crippen LogP contribution in [0.3, 0.4) is 0 Å². The van der Waals surface area contributed by atoms with E-state index >= 15 is 0 Å². The van der Waals surface area contributed by atoms with Crippen molar-refractivity contribution in [2.45, 2.75) is 0 Å². The molecule has 14 heavy (non-hydrogen) atoms. The fourth-order valence-corrected chi connectivity index (χ4v) is 0.954. The number of halogens is 1. The first kappa shape index (κ1) is 10.9. The maximum Gasteiger partial charge on any atom is 0.322 e. The van der Waals surface area contributed by atoms with Crippen LogP contribution in [0, 0.1) is 0 Å². The molecule has 0 spiro atoms. The van der Waals surface area contributed by atoms with Gasteiger partial charge in [0.25, 0.3) is 0 Å². The minimum absolute atomic E-state index is 0.115. The van der Waals surface area contributed by atoms with Crippen molar-refractivity contribution in [3.63, 3.8) is 0 Å². The van der Waals surface area contributed by atoms with Gasteiger partial charge in [-0.25, -0.2) is 0 Å². The molecule has 7 heteroatoms. The molecule has 1 aromatic rings. The van der Waals surface area contributed by atoms with Crippen molar-refractivity contribution in [2.75, 3.05) is 32.6 Å². The molecule has 0 radical (unpaired) electrons. The number of likely N-dealkylation sites (N-methyl/N-ethyl adjacent to an activating group) is 1. The molecule has 0 saturated carbocycles. The third kappa shape index (κ3) is 3.31. The number of anilines is 1. The van der Waals surface area contributed by atoms with Gasteiger partial charge in [0.05, 0.1) is 7.11 Å². The molecule has 1 aromatic heterocycles. The molecular weight excluding hydrogens is 206 g/mol. The van der Waals surface area contributed by atoms with Crippen molar-refractivity contribution in [3.8, 4) is 6.01 Å². The first-order chi connectivity index (χ1) is 6.76. The highest BCUT2D eigenvalue weighted by Crippen LogP contribution is 2.09. The van der Waals surface area contributed by atoms with E-state index in [1.807, 2.05) is 7.05 Å². The summed E-state index contributed by atoms with van der Waals surface area (Å²) in [6.07, 6.45) is 0. The third-order valence-corrected chi connectivity index (χ3v) is 1.60. The van der Waals surface area contributed by atoms with Crippen molar-refractivity contribution in [1.82, 2.24) is 20.3 Å². The molecule has 0 fully saturated rings. The summed E-state index contributed by atoms with van der Waals surface area (Å²) in [5.41, 5.74) is 0. The van der Waals surface area contributed by atoms with Crippen LogP contribution in [0.5, 0.6) is 6.01 Å². The fourth-order valence-electron chi connectivity index (χ4n) is 0.802. The molecule has 2 N–H and O–H groups in total. The lowest BCUT2D eigenvalue weighted by Gasteiger charge is -2.05. The average molecular weight is 218 g/mol. The molecule has 0 aliphatic rings. The van der Waals surface area contributed by atoms with E-state index in [1.54, 1.807) is 0 Å². The van der Waals surface area contributed by atoms with Crippen LogP contribution in [0.4, 0.5) is 5.95 Å². The highest BCUT2D eigenvalue weighted by Gasteiger charge is 2.03. The maximum absolute atomic E-state index is 5.64. The Hall–Kier alpha value is -1.14. The zero-order chi connectivity index (χ0) is 10.4. The number of hydrogen-bond donors (Lipinski definition) is 2. The third-order valence-electron chi connectivity index (χ3n) is 1.43. The predicted octanol–water partition coefficient (Wildman–Crippen LogP) is 0.165. The van der Waals surface area contributed by atoms with Crippen LogP contribution >= 0.6 is 11.6 Å². The first-order valence-electron chi connectivity index (χ1n) is 4.10. The van der Waals surface area contributed by atoms with E-state index in [2.05, 4.69) is 25.6 Å². The van der Waals surface area contributed by atoms with Gasteiger partial charge in [-0.15, -0.1) is 0 Å². The van der Waals surface area contributed by atoms with Gasteiger partial charge in [0, 0.05) is 13.1 Å². The van der Waals surface area contributed by atoms with Crippen LogP contribution in [0.1, 0.15) is 0 Å². The summed E-state index contributed by atoms with van der Waals surface area (Å²) in [6, 6.07) is 0.206. The van der Waals surface area contributed by atoms with Crippen molar-refractivity contribution < 1.29 is 4.74 Å². The van der Waals surface area contributed by atoms with E-state index < -0.39 is 0 Å². The second-order valence-corrected chi connectivity index (χ2v) is 2.78. The van der Waals surface area contributed by atoms with Gasteiger partial charge >= 0.3 is 6.01 Å². The minimum Gasteiger partial charge on any atom is -0.467 e. The van der Waals surface area contributed by atoms with Gasteiger partial charge in [-0.05, 0) is 18.6 Å². The molecular formula is C7H12ClN5O. The topological polar surface area (TPSA) is 72.0 Å². The molecule has 1 rings (SSSR count). The lowest BCUT2D eigenvalue weighted by Crippen LogP contribution is -2.19. The predicted molar refractivity (Wildman–Crippen MR) is 53.8 cm³/mol. The number of nitrogens with one attached hydrogen (secondary N) is 2. The molecule has 0 aliphatic heterocycles. The van der Waals surface area contributed by atoms with Crippen LogP contribution in [0.15, 0.2) is 0 Å². The SMILES string of the molecule is CNCCNc1nc(Cl)nc(OC)n1. The number of rotatable bonds is 5. The summed E-state index contributed by atoms with van der Waals surface area (Å²) in [5, 5.41) is 6.07. The summed E-state index contributed by atoms with van der Waals surface area (Å²) in [6.45, 7) is 1.52. The number of aromatic nitrogens is 3. The van der Waals surface area contributed by atoms with E-state index in [-0.39, 0.29) is 11.3 Å². The molecule has 0 unspecified atom stereocenters. The van der Waals surface area contributed by atoms with Crippen molar-refractivity contribution in [1.29, 1.82) is 0 Å². The van der Waals surface area contributed by atoms with Gasteiger partial charge in [0.2, 0.25) is 11.2 Å². The normalized spacial score (nSPS) is 9.93. The van der Waals surface area contributed by atoms with E-state index in [1.165, 1.54) is 7.11 Å². The van der Waals surface area contributed by atoms with Crippen LogP contribution in [-0.2, 0) is 0 Å². The summed E-state index contributed by atoms with van der Waals surface area (Å²) in [5.74, 6) is 0.414. The monoisotopic (exact) mass is 217 g/mol. The molecule has 6 nitrogen and oxygen atoms in total. The largest absolute Gasteiger partial charge is 0.467 e. The molecule has 0 atom stereocenters. The fraction of sp³-hybridized carbons (Fsp3) is 0.571. The molecule has 0 amide bonds. The molecule has 0 aromatic carbocycles. The van der Waals surface area contributed by atoms with Gasteiger partial charge < -0.3 is 15.4 Å². The van der Waals surface area contributed by atoms with Crippen molar-refractivity contribution in [3.05, 3.63) is 5.28 Å². The van der Waals surface area contributed by atoms with Crippen molar-refractivity contribution >= 4 is 17.5 Å².